The summed E-state index contributed by atoms with van der Waals surface area (Å²) in [5.41, 5.74) is 8.97. The first kappa shape index (κ1) is 17.5. The average Bonchev–Trinajstić information content (AvgIpc) is 3.02. The van der Waals surface area contributed by atoms with Gasteiger partial charge in [0, 0.05) is 30.3 Å². The van der Waals surface area contributed by atoms with Crippen LogP contribution < -0.4 is 10.5 Å². The monoisotopic (exact) mass is 338 g/mol. The predicted molar refractivity (Wildman–Crippen MR) is 101 cm³/mol. The lowest BCUT2D eigenvalue weighted by atomic mass is 9.99. The molecule has 2 aromatic carbocycles. The summed E-state index contributed by atoms with van der Waals surface area (Å²) in [4.78, 5) is 14.7. The van der Waals surface area contributed by atoms with E-state index in [0.29, 0.717) is 18.0 Å². The van der Waals surface area contributed by atoms with Gasteiger partial charge in [-0.15, -0.1) is 0 Å². The van der Waals surface area contributed by atoms with Gasteiger partial charge in [0.1, 0.15) is 5.75 Å². The van der Waals surface area contributed by atoms with Crippen molar-refractivity contribution in [1.29, 1.82) is 0 Å². The minimum atomic E-state index is 0.0700. The van der Waals surface area contributed by atoms with E-state index in [0.717, 1.165) is 36.3 Å². The van der Waals surface area contributed by atoms with Gasteiger partial charge in [-0.2, -0.15) is 0 Å². The minimum Gasteiger partial charge on any atom is -0.496 e. The van der Waals surface area contributed by atoms with Crippen molar-refractivity contribution in [3.8, 4) is 16.9 Å². The molecule has 1 fully saturated rings. The number of nitrogens with zero attached hydrogens (tertiary/aromatic N) is 1. The third-order valence-electron chi connectivity index (χ3n) is 4.99. The third-order valence-corrected chi connectivity index (χ3v) is 4.99. The van der Waals surface area contributed by atoms with E-state index in [1.165, 1.54) is 0 Å². The molecule has 2 N–H and O–H groups in total. The summed E-state index contributed by atoms with van der Waals surface area (Å²) in [6, 6.07) is 15.7. The molecule has 25 heavy (non-hydrogen) atoms. The number of amides is 1. The second-order valence-corrected chi connectivity index (χ2v) is 6.70. The molecule has 132 valence electrons. The molecule has 0 aromatic heterocycles. The summed E-state index contributed by atoms with van der Waals surface area (Å²) in [5, 5.41) is 0. The van der Waals surface area contributed by atoms with E-state index in [-0.39, 0.29) is 11.9 Å². The molecule has 4 nitrogen and oxygen atoms in total. The van der Waals surface area contributed by atoms with Crippen LogP contribution in [0.2, 0.25) is 0 Å². The van der Waals surface area contributed by atoms with Crippen molar-refractivity contribution in [2.45, 2.75) is 25.8 Å². The van der Waals surface area contributed by atoms with Gasteiger partial charge in [0.2, 0.25) is 0 Å². The molecular weight excluding hydrogens is 312 g/mol. The molecular formula is C21H26N2O2. The van der Waals surface area contributed by atoms with E-state index in [1.54, 1.807) is 7.11 Å². The fourth-order valence-electron chi connectivity index (χ4n) is 3.60. The number of para-hydroxylation sites is 1. The van der Waals surface area contributed by atoms with Gasteiger partial charge in [-0.3, -0.25) is 4.79 Å². The van der Waals surface area contributed by atoms with Gasteiger partial charge in [-0.05, 0) is 36.1 Å². The highest BCUT2D eigenvalue weighted by molar-refractivity contribution is 5.95. The summed E-state index contributed by atoms with van der Waals surface area (Å²) in [6.07, 6.45) is 2.19. The van der Waals surface area contributed by atoms with E-state index in [4.69, 9.17) is 10.5 Å². The SMILES string of the molecule is CCC[C@H]1CN(C(=O)c2ccc(-c3ccccc3OC)cc2)C[C@@H]1N. The number of hydrogen-bond acceptors (Lipinski definition) is 3. The summed E-state index contributed by atoms with van der Waals surface area (Å²) in [6.45, 7) is 3.58. The first-order chi connectivity index (χ1) is 12.1. The zero-order chi connectivity index (χ0) is 17.8. The van der Waals surface area contributed by atoms with Gasteiger partial charge in [0.25, 0.3) is 5.91 Å². The van der Waals surface area contributed by atoms with Crippen molar-refractivity contribution in [2.24, 2.45) is 11.7 Å². The van der Waals surface area contributed by atoms with Crippen LogP contribution in [-0.2, 0) is 0 Å². The maximum absolute atomic E-state index is 12.8. The summed E-state index contributed by atoms with van der Waals surface area (Å²) < 4.78 is 5.42. The highest BCUT2D eigenvalue weighted by atomic mass is 16.5. The number of ether oxygens (including phenoxy) is 1. The fourth-order valence-corrected chi connectivity index (χ4v) is 3.60. The molecule has 0 saturated carbocycles. The second-order valence-electron chi connectivity index (χ2n) is 6.70. The van der Waals surface area contributed by atoms with Crippen molar-refractivity contribution in [3.63, 3.8) is 0 Å². The molecule has 1 aliphatic rings. The molecule has 2 atom stereocenters. The van der Waals surface area contributed by atoms with Crippen LogP contribution in [0.3, 0.4) is 0 Å². The Hall–Kier alpha value is -2.33. The molecule has 1 amide bonds. The number of benzene rings is 2. The summed E-state index contributed by atoms with van der Waals surface area (Å²) in [5.74, 6) is 1.32. The van der Waals surface area contributed by atoms with Crippen LogP contribution in [0.1, 0.15) is 30.1 Å². The molecule has 0 bridgehead atoms. The number of rotatable bonds is 5. The zero-order valence-electron chi connectivity index (χ0n) is 14.9. The van der Waals surface area contributed by atoms with E-state index < -0.39 is 0 Å². The number of methoxy groups -OCH3 is 1. The first-order valence-electron chi connectivity index (χ1n) is 8.92. The van der Waals surface area contributed by atoms with Gasteiger partial charge < -0.3 is 15.4 Å². The second kappa shape index (κ2) is 7.70. The molecule has 0 radical (unpaired) electrons. The van der Waals surface area contributed by atoms with Crippen molar-refractivity contribution < 1.29 is 9.53 Å². The topological polar surface area (TPSA) is 55.6 Å². The van der Waals surface area contributed by atoms with Crippen molar-refractivity contribution in [1.82, 2.24) is 4.90 Å². The predicted octanol–water partition coefficient (Wildman–Crippen LogP) is 3.56. The minimum absolute atomic E-state index is 0.0700. The van der Waals surface area contributed by atoms with E-state index in [9.17, 15) is 4.79 Å². The van der Waals surface area contributed by atoms with Crippen LogP contribution >= 0.6 is 0 Å². The largest absolute Gasteiger partial charge is 0.496 e. The highest BCUT2D eigenvalue weighted by Crippen LogP contribution is 2.30. The van der Waals surface area contributed by atoms with Crippen LogP contribution in [0.4, 0.5) is 0 Å². The maximum atomic E-state index is 12.8. The molecule has 2 aromatic rings. The van der Waals surface area contributed by atoms with Crippen LogP contribution in [0.5, 0.6) is 5.75 Å². The smallest absolute Gasteiger partial charge is 0.253 e. The molecule has 1 saturated heterocycles. The molecule has 0 spiro atoms. The Morgan fingerprint density at radius 1 is 1.16 bits per heavy atom. The van der Waals surface area contributed by atoms with Gasteiger partial charge in [-0.25, -0.2) is 0 Å². The lowest BCUT2D eigenvalue weighted by Gasteiger charge is -2.16. The number of carbonyl (C=O) groups is 1. The van der Waals surface area contributed by atoms with Gasteiger partial charge in [-0.1, -0.05) is 43.7 Å². The van der Waals surface area contributed by atoms with Crippen molar-refractivity contribution in [2.75, 3.05) is 20.2 Å². The number of nitrogens with two attached hydrogens (primary N) is 1. The summed E-state index contributed by atoms with van der Waals surface area (Å²) in [7, 11) is 1.67. The van der Waals surface area contributed by atoms with Crippen LogP contribution in [0.25, 0.3) is 11.1 Å². The van der Waals surface area contributed by atoms with E-state index in [1.807, 2.05) is 53.4 Å². The number of likely N-dealkylation sites (tertiary alicyclic amines) is 1. The number of hydrogen-bond donors (Lipinski definition) is 1. The molecule has 4 heteroatoms. The molecule has 0 unspecified atom stereocenters. The molecule has 3 rings (SSSR count). The van der Waals surface area contributed by atoms with E-state index in [2.05, 4.69) is 6.92 Å². The molecule has 1 heterocycles. The normalized spacial score (nSPS) is 19.9. The summed E-state index contributed by atoms with van der Waals surface area (Å²) >= 11 is 0. The average molecular weight is 338 g/mol. The van der Waals surface area contributed by atoms with Gasteiger partial charge in [0.05, 0.1) is 7.11 Å². The Balaban J connectivity index is 1.75. The fraction of sp³-hybridized carbons (Fsp3) is 0.381. The van der Waals surface area contributed by atoms with Gasteiger partial charge >= 0.3 is 0 Å². The Labute approximate surface area is 149 Å². The third kappa shape index (κ3) is 3.69. The van der Waals surface area contributed by atoms with Crippen molar-refractivity contribution >= 4 is 5.91 Å². The number of carbonyl (C=O) groups excluding carboxylic acids is 1. The molecule has 1 aliphatic heterocycles. The van der Waals surface area contributed by atoms with Gasteiger partial charge in [0.15, 0.2) is 0 Å². The van der Waals surface area contributed by atoms with Crippen LogP contribution in [0, 0.1) is 5.92 Å². The van der Waals surface area contributed by atoms with E-state index >= 15 is 0 Å². The Morgan fingerprint density at radius 2 is 1.88 bits per heavy atom. The Morgan fingerprint density at radius 3 is 2.56 bits per heavy atom. The highest BCUT2D eigenvalue weighted by Gasteiger charge is 2.32. The Kier molecular flexibility index (Phi) is 5.39. The molecule has 0 aliphatic carbocycles. The lowest BCUT2D eigenvalue weighted by Crippen LogP contribution is -2.32. The maximum Gasteiger partial charge on any atom is 0.253 e. The van der Waals surface area contributed by atoms with Crippen LogP contribution in [0.15, 0.2) is 48.5 Å². The Bertz CT molecular complexity index is 727. The zero-order valence-corrected chi connectivity index (χ0v) is 14.9. The first-order valence-corrected chi connectivity index (χ1v) is 8.92. The standard InChI is InChI=1S/C21H26N2O2/c1-3-6-17-13-23(14-19(17)22)21(24)16-11-9-15(10-12-16)18-7-4-5-8-20(18)25-2/h4-5,7-12,17,19H,3,6,13-14,22H2,1-2H3/t17-,19-/m0/s1. The van der Waals surface area contributed by atoms with Crippen molar-refractivity contribution in [3.05, 3.63) is 54.1 Å². The lowest BCUT2D eigenvalue weighted by molar-refractivity contribution is 0.0785. The quantitative estimate of drug-likeness (QED) is 0.907. The van der Waals surface area contributed by atoms with Crippen LogP contribution in [-0.4, -0.2) is 37.0 Å².